The Labute approximate surface area is 139 Å². The molecule has 3 aromatic rings. The number of rotatable bonds is 3. The highest BCUT2D eigenvalue weighted by Crippen LogP contribution is 2.14. The van der Waals surface area contributed by atoms with Crippen molar-refractivity contribution in [2.24, 2.45) is 0 Å². The quantitative estimate of drug-likeness (QED) is 0.784. The van der Waals surface area contributed by atoms with Gasteiger partial charge in [-0.25, -0.2) is 9.50 Å². The highest BCUT2D eigenvalue weighted by atomic mass is 16.1. The van der Waals surface area contributed by atoms with Gasteiger partial charge in [-0.05, 0) is 20.3 Å². The minimum absolute atomic E-state index is 0.0451. The zero-order chi connectivity index (χ0) is 16.7. The molecule has 0 saturated carbocycles. The third-order valence-electron chi connectivity index (χ3n) is 4.68. The van der Waals surface area contributed by atoms with E-state index in [-0.39, 0.29) is 5.56 Å². The van der Waals surface area contributed by atoms with E-state index in [9.17, 15) is 4.79 Å². The Morgan fingerprint density at radius 2 is 2.12 bits per heavy atom. The Hall–Kier alpha value is -2.41. The second-order valence-corrected chi connectivity index (χ2v) is 6.46. The van der Waals surface area contributed by atoms with Gasteiger partial charge in [0.2, 0.25) is 0 Å². The SMILES string of the molecule is CCn1cc(CN2CCc3nc4cc(C)[nH]n4c(=O)c3CC2)cn1. The fraction of sp³-hybridized carbons (Fsp3) is 0.471. The summed E-state index contributed by atoms with van der Waals surface area (Å²) in [5.74, 6) is 0. The summed E-state index contributed by atoms with van der Waals surface area (Å²) in [6.45, 7) is 7.56. The van der Waals surface area contributed by atoms with E-state index in [1.54, 1.807) is 4.52 Å². The second-order valence-electron chi connectivity index (χ2n) is 6.46. The van der Waals surface area contributed by atoms with Gasteiger partial charge in [-0.3, -0.25) is 19.5 Å². The van der Waals surface area contributed by atoms with Crippen molar-refractivity contribution in [1.29, 1.82) is 0 Å². The van der Waals surface area contributed by atoms with E-state index in [0.717, 1.165) is 56.0 Å². The molecule has 4 heterocycles. The molecule has 1 N–H and O–H groups in total. The highest BCUT2D eigenvalue weighted by Gasteiger charge is 2.20. The predicted molar refractivity (Wildman–Crippen MR) is 91.1 cm³/mol. The van der Waals surface area contributed by atoms with Crippen molar-refractivity contribution in [2.45, 2.75) is 39.8 Å². The number of nitrogens with zero attached hydrogens (tertiary/aromatic N) is 5. The van der Waals surface area contributed by atoms with Gasteiger partial charge in [0.05, 0.1) is 11.9 Å². The first kappa shape index (κ1) is 15.1. The number of nitrogens with one attached hydrogen (secondary N) is 1. The number of hydrogen-bond donors (Lipinski definition) is 1. The maximum Gasteiger partial charge on any atom is 0.276 e. The van der Waals surface area contributed by atoms with E-state index in [1.807, 2.05) is 23.9 Å². The second kappa shape index (κ2) is 5.90. The van der Waals surface area contributed by atoms with Gasteiger partial charge in [0.15, 0.2) is 5.65 Å². The summed E-state index contributed by atoms with van der Waals surface area (Å²) in [4.78, 5) is 19.8. The highest BCUT2D eigenvalue weighted by molar-refractivity contribution is 5.42. The van der Waals surface area contributed by atoms with Crippen LogP contribution in [0.2, 0.25) is 0 Å². The van der Waals surface area contributed by atoms with Crippen molar-refractivity contribution < 1.29 is 0 Å². The fourth-order valence-corrected chi connectivity index (χ4v) is 3.41. The molecule has 0 fully saturated rings. The van der Waals surface area contributed by atoms with Crippen molar-refractivity contribution in [2.75, 3.05) is 13.1 Å². The Morgan fingerprint density at radius 3 is 2.92 bits per heavy atom. The Bertz CT molecular complexity index is 934. The molecular weight excluding hydrogens is 304 g/mol. The van der Waals surface area contributed by atoms with Crippen LogP contribution in [0.25, 0.3) is 5.65 Å². The molecule has 126 valence electrons. The molecule has 0 amide bonds. The van der Waals surface area contributed by atoms with E-state index in [1.165, 1.54) is 5.56 Å². The van der Waals surface area contributed by atoms with Gasteiger partial charge in [0.25, 0.3) is 5.56 Å². The molecule has 3 aromatic heterocycles. The summed E-state index contributed by atoms with van der Waals surface area (Å²) in [6.07, 6.45) is 5.58. The van der Waals surface area contributed by atoms with Crippen molar-refractivity contribution in [3.63, 3.8) is 0 Å². The molecule has 0 aliphatic carbocycles. The van der Waals surface area contributed by atoms with Crippen molar-refractivity contribution in [1.82, 2.24) is 29.3 Å². The lowest BCUT2D eigenvalue weighted by molar-refractivity contribution is 0.278. The molecule has 0 spiro atoms. The van der Waals surface area contributed by atoms with Crippen molar-refractivity contribution in [3.05, 3.63) is 51.3 Å². The van der Waals surface area contributed by atoms with E-state index in [0.29, 0.717) is 5.65 Å². The largest absolute Gasteiger partial charge is 0.298 e. The number of H-pyrrole nitrogens is 1. The van der Waals surface area contributed by atoms with Crippen LogP contribution >= 0.6 is 0 Å². The minimum atomic E-state index is 0.0451. The molecule has 1 aliphatic heterocycles. The van der Waals surface area contributed by atoms with Gasteiger partial charge in [-0.2, -0.15) is 5.10 Å². The molecule has 7 heteroatoms. The first-order valence-corrected chi connectivity index (χ1v) is 8.48. The van der Waals surface area contributed by atoms with Gasteiger partial charge in [-0.1, -0.05) is 0 Å². The van der Waals surface area contributed by atoms with Crippen LogP contribution in [0.5, 0.6) is 0 Å². The Kier molecular flexibility index (Phi) is 3.72. The van der Waals surface area contributed by atoms with Crippen molar-refractivity contribution in [3.8, 4) is 0 Å². The van der Waals surface area contributed by atoms with Crippen LogP contribution in [0.15, 0.2) is 23.3 Å². The van der Waals surface area contributed by atoms with Crippen LogP contribution in [0.3, 0.4) is 0 Å². The first-order valence-electron chi connectivity index (χ1n) is 8.48. The number of fused-ring (bicyclic) bond motifs is 2. The summed E-state index contributed by atoms with van der Waals surface area (Å²) in [5.41, 5.74) is 4.73. The van der Waals surface area contributed by atoms with Gasteiger partial charge in [0, 0.05) is 61.7 Å². The maximum absolute atomic E-state index is 12.7. The van der Waals surface area contributed by atoms with Gasteiger partial charge >= 0.3 is 0 Å². The predicted octanol–water partition coefficient (Wildman–Crippen LogP) is 1.15. The normalized spacial score (nSPS) is 15.6. The lowest BCUT2D eigenvalue weighted by atomic mass is 10.1. The summed E-state index contributed by atoms with van der Waals surface area (Å²) < 4.78 is 3.51. The van der Waals surface area contributed by atoms with E-state index in [2.05, 4.69) is 28.2 Å². The molecule has 4 rings (SSSR count). The van der Waals surface area contributed by atoms with Crippen LogP contribution in [-0.4, -0.2) is 42.4 Å². The maximum atomic E-state index is 12.7. The van der Waals surface area contributed by atoms with Gasteiger partial charge < -0.3 is 0 Å². The summed E-state index contributed by atoms with van der Waals surface area (Å²) >= 11 is 0. The van der Waals surface area contributed by atoms with E-state index in [4.69, 9.17) is 4.98 Å². The number of aromatic amines is 1. The summed E-state index contributed by atoms with van der Waals surface area (Å²) in [6, 6.07) is 1.92. The van der Waals surface area contributed by atoms with Gasteiger partial charge in [0.1, 0.15) is 0 Å². The minimum Gasteiger partial charge on any atom is -0.298 e. The standard InChI is InChI=1S/C17H22N6O/c1-3-22-11-13(9-18-22)10-21-6-4-14-15(5-7-21)19-16-8-12(2)20-23(16)17(14)24/h8-9,11,20H,3-7,10H2,1-2H3. The van der Waals surface area contributed by atoms with E-state index < -0.39 is 0 Å². The molecule has 7 nitrogen and oxygen atoms in total. The van der Waals surface area contributed by atoms with Gasteiger partial charge in [-0.15, -0.1) is 0 Å². The third-order valence-corrected chi connectivity index (χ3v) is 4.68. The topological polar surface area (TPSA) is 71.2 Å². The van der Waals surface area contributed by atoms with Crippen LogP contribution in [-0.2, 0) is 25.9 Å². The smallest absolute Gasteiger partial charge is 0.276 e. The molecule has 0 atom stereocenters. The Morgan fingerprint density at radius 1 is 1.29 bits per heavy atom. The average Bonchev–Trinajstić information content (AvgIpc) is 3.11. The van der Waals surface area contributed by atoms with Crippen LogP contribution in [0, 0.1) is 6.92 Å². The summed E-state index contributed by atoms with van der Waals surface area (Å²) in [5, 5.41) is 7.41. The van der Waals surface area contributed by atoms with E-state index >= 15 is 0 Å². The van der Waals surface area contributed by atoms with Crippen LogP contribution in [0.4, 0.5) is 0 Å². The molecule has 0 radical (unpaired) electrons. The molecule has 1 aliphatic rings. The Balaban J connectivity index is 1.57. The number of aryl methyl sites for hydroxylation is 2. The zero-order valence-corrected chi connectivity index (χ0v) is 14.1. The lowest BCUT2D eigenvalue weighted by Crippen LogP contribution is -2.26. The monoisotopic (exact) mass is 326 g/mol. The number of hydrogen-bond acceptors (Lipinski definition) is 4. The lowest BCUT2D eigenvalue weighted by Gasteiger charge is -2.18. The van der Waals surface area contributed by atoms with Crippen molar-refractivity contribution >= 4 is 5.65 Å². The molecule has 0 unspecified atom stereocenters. The molecule has 24 heavy (non-hydrogen) atoms. The molecule has 0 aromatic carbocycles. The third kappa shape index (κ3) is 2.65. The number of aromatic nitrogens is 5. The molecule has 0 bridgehead atoms. The molecular formula is C17H22N6O. The zero-order valence-electron chi connectivity index (χ0n) is 14.1. The summed E-state index contributed by atoms with van der Waals surface area (Å²) in [7, 11) is 0. The fourth-order valence-electron chi connectivity index (χ4n) is 3.41. The van der Waals surface area contributed by atoms with Crippen LogP contribution < -0.4 is 5.56 Å². The molecule has 0 saturated heterocycles. The average molecular weight is 326 g/mol. The van der Waals surface area contributed by atoms with Crippen LogP contribution in [0.1, 0.15) is 29.4 Å². The first-order chi connectivity index (χ1) is 11.6.